The molecule has 158 valence electrons. The van der Waals surface area contributed by atoms with E-state index in [-0.39, 0.29) is 18.6 Å². The molecule has 3 aromatic carbocycles. The van der Waals surface area contributed by atoms with E-state index in [4.69, 9.17) is 4.74 Å². The molecule has 3 rings (SSSR count). The normalized spacial score (nSPS) is 11.5. The molecule has 0 aliphatic rings. The molecule has 0 saturated heterocycles. The fraction of sp³-hybridized carbons (Fsp3) is 0.261. The molecule has 0 heterocycles. The first-order chi connectivity index (χ1) is 14.2. The summed E-state index contributed by atoms with van der Waals surface area (Å²) in [7, 11) is -3.63. The lowest BCUT2D eigenvalue weighted by Gasteiger charge is -2.22. The van der Waals surface area contributed by atoms with Crippen molar-refractivity contribution in [3.63, 3.8) is 0 Å². The minimum absolute atomic E-state index is 0.0164. The Morgan fingerprint density at radius 3 is 2.30 bits per heavy atom. The van der Waals surface area contributed by atoms with Crippen LogP contribution in [0.3, 0.4) is 0 Å². The van der Waals surface area contributed by atoms with Crippen LogP contribution >= 0.6 is 0 Å². The van der Waals surface area contributed by atoms with Gasteiger partial charge in [-0.05, 0) is 60.5 Å². The fourth-order valence-corrected chi connectivity index (χ4v) is 3.96. The number of sulfonamides is 1. The number of hydrogen-bond acceptors (Lipinski definition) is 4. The van der Waals surface area contributed by atoms with E-state index in [1.165, 1.54) is 0 Å². The highest BCUT2D eigenvalue weighted by Gasteiger charge is 2.21. The number of amides is 1. The Bertz CT molecular complexity index is 1130. The van der Waals surface area contributed by atoms with Gasteiger partial charge in [0, 0.05) is 6.54 Å². The van der Waals surface area contributed by atoms with Crippen LogP contribution < -0.4 is 14.4 Å². The predicted molar refractivity (Wildman–Crippen MR) is 120 cm³/mol. The van der Waals surface area contributed by atoms with Crippen molar-refractivity contribution in [3.05, 3.63) is 72.3 Å². The van der Waals surface area contributed by atoms with E-state index < -0.39 is 10.0 Å². The SMILES string of the molecule is CC(C)Oc1ccc(N(CC(=O)NCc2ccc3ccccc3c2)S(C)(=O)=O)cc1. The minimum atomic E-state index is -3.63. The van der Waals surface area contributed by atoms with Crippen LogP contribution in [0.1, 0.15) is 19.4 Å². The average molecular weight is 427 g/mol. The lowest BCUT2D eigenvalue weighted by Crippen LogP contribution is -2.40. The van der Waals surface area contributed by atoms with Crippen molar-refractivity contribution >= 4 is 32.4 Å². The molecule has 0 aliphatic carbocycles. The van der Waals surface area contributed by atoms with Crippen LogP contribution in [0.5, 0.6) is 5.75 Å². The Balaban J connectivity index is 1.67. The maximum atomic E-state index is 12.5. The molecular formula is C23H26N2O4S. The quantitative estimate of drug-likeness (QED) is 0.596. The van der Waals surface area contributed by atoms with Crippen molar-refractivity contribution < 1.29 is 17.9 Å². The molecule has 6 nitrogen and oxygen atoms in total. The number of rotatable bonds is 8. The first-order valence-corrected chi connectivity index (χ1v) is 11.6. The number of ether oxygens (including phenoxy) is 1. The maximum Gasteiger partial charge on any atom is 0.241 e. The van der Waals surface area contributed by atoms with Gasteiger partial charge in [-0.2, -0.15) is 0 Å². The summed E-state index contributed by atoms with van der Waals surface area (Å²) in [4.78, 5) is 12.5. The molecular weight excluding hydrogens is 400 g/mol. The van der Waals surface area contributed by atoms with Gasteiger partial charge in [-0.3, -0.25) is 9.10 Å². The van der Waals surface area contributed by atoms with Gasteiger partial charge in [0.05, 0.1) is 18.0 Å². The summed E-state index contributed by atoms with van der Waals surface area (Å²) in [6.07, 6.45) is 1.10. The molecule has 0 radical (unpaired) electrons. The second kappa shape index (κ2) is 9.17. The Kier molecular flexibility index (Phi) is 6.62. The van der Waals surface area contributed by atoms with E-state index in [2.05, 4.69) is 5.32 Å². The molecule has 0 aromatic heterocycles. The zero-order chi connectivity index (χ0) is 21.7. The Hall–Kier alpha value is -3.06. The second-order valence-corrected chi connectivity index (χ2v) is 9.30. The summed E-state index contributed by atoms with van der Waals surface area (Å²) >= 11 is 0. The molecule has 1 N–H and O–H groups in total. The zero-order valence-corrected chi connectivity index (χ0v) is 18.1. The van der Waals surface area contributed by atoms with Crippen molar-refractivity contribution in [2.45, 2.75) is 26.5 Å². The summed E-state index contributed by atoms with van der Waals surface area (Å²) in [6, 6.07) is 20.6. The van der Waals surface area contributed by atoms with Crippen molar-refractivity contribution in [3.8, 4) is 5.75 Å². The Morgan fingerprint density at radius 2 is 1.67 bits per heavy atom. The van der Waals surface area contributed by atoms with Gasteiger partial charge in [0.2, 0.25) is 15.9 Å². The van der Waals surface area contributed by atoms with Gasteiger partial charge in [-0.1, -0.05) is 36.4 Å². The van der Waals surface area contributed by atoms with Gasteiger partial charge in [0.25, 0.3) is 0 Å². The number of anilines is 1. The molecule has 0 bridgehead atoms. The van der Waals surface area contributed by atoms with E-state index in [1.54, 1.807) is 24.3 Å². The van der Waals surface area contributed by atoms with Crippen LogP contribution in [-0.2, 0) is 21.4 Å². The number of nitrogens with zero attached hydrogens (tertiary/aromatic N) is 1. The van der Waals surface area contributed by atoms with Crippen molar-refractivity contribution in [1.29, 1.82) is 0 Å². The highest BCUT2D eigenvalue weighted by molar-refractivity contribution is 7.92. The number of carbonyl (C=O) groups is 1. The molecule has 1 amide bonds. The lowest BCUT2D eigenvalue weighted by atomic mass is 10.1. The number of carbonyl (C=O) groups excluding carboxylic acids is 1. The number of fused-ring (bicyclic) bond motifs is 1. The van der Waals surface area contributed by atoms with Crippen LogP contribution in [0.2, 0.25) is 0 Å². The smallest absolute Gasteiger partial charge is 0.241 e. The highest BCUT2D eigenvalue weighted by Crippen LogP contribution is 2.22. The molecule has 7 heteroatoms. The summed E-state index contributed by atoms with van der Waals surface area (Å²) in [5, 5.41) is 5.02. The predicted octanol–water partition coefficient (Wildman–Crippen LogP) is 3.71. The molecule has 0 saturated carbocycles. The van der Waals surface area contributed by atoms with Gasteiger partial charge in [-0.25, -0.2) is 8.42 Å². The topological polar surface area (TPSA) is 75.7 Å². The largest absolute Gasteiger partial charge is 0.491 e. The molecule has 0 fully saturated rings. The third kappa shape index (κ3) is 5.73. The Morgan fingerprint density at radius 1 is 1.00 bits per heavy atom. The minimum Gasteiger partial charge on any atom is -0.491 e. The van der Waals surface area contributed by atoms with Crippen molar-refractivity contribution in [2.75, 3.05) is 17.1 Å². The summed E-state index contributed by atoms with van der Waals surface area (Å²) < 4.78 is 31.2. The van der Waals surface area contributed by atoms with Gasteiger partial charge in [-0.15, -0.1) is 0 Å². The summed E-state index contributed by atoms with van der Waals surface area (Å²) in [5.41, 5.74) is 1.36. The van der Waals surface area contributed by atoms with Gasteiger partial charge < -0.3 is 10.1 Å². The lowest BCUT2D eigenvalue weighted by molar-refractivity contribution is -0.119. The van der Waals surface area contributed by atoms with Gasteiger partial charge >= 0.3 is 0 Å². The maximum absolute atomic E-state index is 12.5. The third-order valence-corrected chi connectivity index (χ3v) is 5.63. The first-order valence-electron chi connectivity index (χ1n) is 9.71. The molecule has 3 aromatic rings. The van der Waals surface area contributed by atoms with E-state index in [9.17, 15) is 13.2 Å². The average Bonchev–Trinajstić information content (AvgIpc) is 2.70. The molecule has 0 aliphatic heterocycles. The number of nitrogens with one attached hydrogen (secondary N) is 1. The third-order valence-electron chi connectivity index (χ3n) is 4.49. The van der Waals surface area contributed by atoms with Crippen LogP contribution in [-0.4, -0.2) is 33.2 Å². The monoisotopic (exact) mass is 426 g/mol. The Labute approximate surface area is 177 Å². The standard InChI is InChI=1S/C23H26N2O4S/c1-17(2)29-22-12-10-21(11-13-22)25(30(3,27)28)16-23(26)24-15-18-8-9-19-6-4-5-7-20(19)14-18/h4-14,17H,15-16H2,1-3H3,(H,24,26). The van der Waals surface area contributed by atoms with E-state index in [0.29, 0.717) is 18.0 Å². The second-order valence-electron chi connectivity index (χ2n) is 7.39. The molecule has 0 spiro atoms. The molecule has 0 unspecified atom stereocenters. The summed E-state index contributed by atoms with van der Waals surface area (Å²) in [5.74, 6) is 0.263. The van der Waals surface area contributed by atoms with Crippen molar-refractivity contribution in [1.82, 2.24) is 5.32 Å². The zero-order valence-electron chi connectivity index (χ0n) is 17.3. The van der Waals surface area contributed by atoms with Crippen LogP contribution in [0, 0.1) is 0 Å². The summed E-state index contributed by atoms with van der Waals surface area (Å²) in [6.45, 7) is 3.85. The van der Waals surface area contributed by atoms with Crippen LogP contribution in [0.15, 0.2) is 66.7 Å². The van der Waals surface area contributed by atoms with E-state index in [1.807, 2.05) is 56.3 Å². The highest BCUT2D eigenvalue weighted by atomic mass is 32.2. The molecule has 0 atom stereocenters. The first kappa shape index (κ1) is 21.6. The number of hydrogen-bond donors (Lipinski definition) is 1. The molecule has 30 heavy (non-hydrogen) atoms. The van der Waals surface area contributed by atoms with Crippen LogP contribution in [0.4, 0.5) is 5.69 Å². The van der Waals surface area contributed by atoms with Crippen LogP contribution in [0.25, 0.3) is 10.8 Å². The van der Waals surface area contributed by atoms with E-state index >= 15 is 0 Å². The van der Waals surface area contributed by atoms with Gasteiger partial charge in [0.1, 0.15) is 12.3 Å². The number of benzene rings is 3. The van der Waals surface area contributed by atoms with E-state index in [0.717, 1.165) is 26.9 Å². The fourth-order valence-electron chi connectivity index (χ4n) is 3.10. The van der Waals surface area contributed by atoms with Crippen molar-refractivity contribution in [2.24, 2.45) is 0 Å². The van der Waals surface area contributed by atoms with Gasteiger partial charge in [0.15, 0.2) is 0 Å².